The molecule has 0 amide bonds. The lowest BCUT2D eigenvalue weighted by molar-refractivity contribution is -0.284. The van der Waals surface area contributed by atoms with Gasteiger partial charge in [-0.3, -0.25) is 0 Å². The summed E-state index contributed by atoms with van der Waals surface area (Å²) in [5.74, 6) is -0.0196. The van der Waals surface area contributed by atoms with Gasteiger partial charge in [0, 0.05) is 6.42 Å². The molecule has 1 fully saturated rings. The second-order valence-corrected chi connectivity index (χ2v) is 6.52. The average molecular weight is 312 g/mol. The summed E-state index contributed by atoms with van der Waals surface area (Å²) in [7, 11) is 0. The summed E-state index contributed by atoms with van der Waals surface area (Å²) in [6, 6.07) is 0. The topological polar surface area (TPSA) is 9.23 Å². The molecule has 0 saturated heterocycles. The fourth-order valence-corrected chi connectivity index (χ4v) is 2.96. The van der Waals surface area contributed by atoms with Crippen LogP contribution in [0.25, 0.3) is 0 Å². The van der Waals surface area contributed by atoms with E-state index in [1.54, 1.807) is 6.92 Å². The van der Waals surface area contributed by atoms with Gasteiger partial charge in [-0.25, -0.2) is 8.78 Å². The number of halogens is 4. The predicted octanol–water partition coefficient (Wildman–Crippen LogP) is 5.68. The highest BCUT2D eigenvalue weighted by atomic mass is 19.3. The highest BCUT2D eigenvalue weighted by molar-refractivity contribution is 4.87. The molecule has 126 valence electrons. The summed E-state index contributed by atoms with van der Waals surface area (Å²) >= 11 is 0. The van der Waals surface area contributed by atoms with E-state index in [0.29, 0.717) is 25.2 Å². The maximum Gasteiger partial charge on any atom is 0.356 e. The molecule has 0 aromatic rings. The van der Waals surface area contributed by atoms with Crippen LogP contribution in [0.2, 0.25) is 0 Å². The first kappa shape index (κ1) is 18.7. The van der Waals surface area contributed by atoms with Crippen LogP contribution in [0.1, 0.15) is 65.7 Å². The first-order valence-corrected chi connectivity index (χ1v) is 8.10. The van der Waals surface area contributed by atoms with E-state index in [2.05, 4.69) is 11.7 Å². The van der Waals surface area contributed by atoms with Crippen LogP contribution >= 0.6 is 0 Å². The van der Waals surface area contributed by atoms with Gasteiger partial charge in [0.1, 0.15) is 6.17 Å². The summed E-state index contributed by atoms with van der Waals surface area (Å²) in [6.45, 7) is 5.70. The van der Waals surface area contributed by atoms with Gasteiger partial charge < -0.3 is 4.74 Å². The first-order valence-electron chi connectivity index (χ1n) is 8.10. The third-order valence-electron chi connectivity index (χ3n) is 4.38. The van der Waals surface area contributed by atoms with Gasteiger partial charge in [-0.05, 0) is 31.1 Å². The van der Waals surface area contributed by atoms with Crippen LogP contribution < -0.4 is 0 Å². The van der Waals surface area contributed by atoms with E-state index in [1.807, 2.05) is 6.92 Å². The van der Waals surface area contributed by atoms with Crippen molar-refractivity contribution in [2.75, 3.05) is 0 Å². The van der Waals surface area contributed by atoms with Gasteiger partial charge in [0.25, 0.3) is 0 Å². The molecule has 1 aliphatic rings. The van der Waals surface area contributed by atoms with E-state index in [0.717, 1.165) is 12.8 Å². The fraction of sp³-hybridized carbons (Fsp3) is 1.00. The third-order valence-corrected chi connectivity index (χ3v) is 4.38. The molecule has 0 spiro atoms. The number of rotatable bonds is 8. The van der Waals surface area contributed by atoms with E-state index in [4.69, 9.17) is 0 Å². The van der Waals surface area contributed by atoms with Gasteiger partial charge in [-0.2, -0.15) is 8.78 Å². The highest BCUT2D eigenvalue weighted by Crippen LogP contribution is 2.35. The van der Waals surface area contributed by atoms with Gasteiger partial charge in [-0.15, -0.1) is 0 Å². The second kappa shape index (κ2) is 8.35. The predicted molar refractivity (Wildman–Crippen MR) is 75.9 cm³/mol. The van der Waals surface area contributed by atoms with Crippen molar-refractivity contribution in [2.45, 2.75) is 90.3 Å². The largest absolute Gasteiger partial charge is 0.356 e. The maximum absolute atomic E-state index is 13.7. The Morgan fingerprint density at radius 2 is 1.81 bits per heavy atom. The lowest BCUT2D eigenvalue weighted by atomic mass is 9.85. The minimum absolute atomic E-state index is 0.157. The van der Waals surface area contributed by atoms with Crippen LogP contribution in [0.5, 0.6) is 0 Å². The molecule has 0 aliphatic heterocycles. The van der Waals surface area contributed by atoms with Crippen molar-refractivity contribution in [3.05, 3.63) is 0 Å². The molecular formula is C16H28F4O. The molecule has 1 aliphatic carbocycles. The maximum atomic E-state index is 13.7. The van der Waals surface area contributed by atoms with E-state index in [1.165, 1.54) is 0 Å². The molecule has 0 aromatic carbocycles. The lowest BCUT2D eigenvalue weighted by Gasteiger charge is -2.35. The van der Waals surface area contributed by atoms with Crippen LogP contribution in [-0.2, 0) is 4.74 Å². The van der Waals surface area contributed by atoms with Gasteiger partial charge in [0.2, 0.25) is 0 Å². The fourth-order valence-electron chi connectivity index (χ4n) is 2.96. The zero-order valence-corrected chi connectivity index (χ0v) is 13.3. The van der Waals surface area contributed by atoms with E-state index in [9.17, 15) is 17.6 Å². The summed E-state index contributed by atoms with van der Waals surface area (Å²) in [5, 5.41) is 0. The van der Waals surface area contributed by atoms with Crippen molar-refractivity contribution in [3.8, 4) is 0 Å². The van der Waals surface area contributed by atoms with Crippen LogP contribution in [0.4, 0.5) is 17.6 Å². The van der Waals surface area contributed by atoms with Gasteiger partial charge in [0.15, 0.2) is 6.17 Å². The molecule has 0 radical (unpaired) electrons. The van der Waals surface area contributed by atoms with Crippen LogP contribution in [0.15, 0.2) is 0 Å². The molecule has 0 heterocycles. The molecule has 1 rings (SSSR count). The highest BCUT2D eigenvalue weighted by Gasteiger charge is 2.43. The number of ether oxygens (including phenoxy) is 1. The molecule has 21 heavy (non-hydrogen) atoms. The quantitative estimate of drug-likeness (QED) is 0.524. The van der Waals surface area contributed by atoms with Crippen molar-refractivity contribution in [1.82, 2.24) is 0 Å². The Kier molecular flexibility index (Phi) is 7.45. The lowest BCUT2D eigenvalue weighted by Crippen LogP contribution is -2.45. The third kappa shape index (κ3) is 6.13. The average Bonchev–Trinajstić information content (AvgIpc) is 2.39. The Morgan fingerprint density at radius 1 is 1.14 bits per heavy atom. The van der Waals surface area contributed by atoms with Crippen molar-refractivity contribution < 1.29 is 22.3 Å². The molecule has 0 aromatic heterocycles. The van der Waals surface area contributed by atoms with Crippen molar-refractivity contribution >= 4 is 0 Å². The minimum Gasteiger partial charge on any atom is -0.314 e. The normalized spacial score (nSPS) is 32.1. The van der Waals surface area contributed by atoms with Crippen molar-refractivity contribution in [1.29, 1.82) is 0 Å². The Hall–Kier alpha value is -0.320. The van der Waals surface area contributed by atoms with Crippen molar-refractivity contribution in [3.63, 3.8) is 0 Å². The van der Waals surface area contributed by atoms with Crippen LogP contribution in [0.3, 0.4) is 0 Å². The van der Waals surface area contributed by atoms with Gasteiger partial charge in [0.05, 0.1) is 6.10 Å². The second-order valence-electron chi connectivity index (χ2n) is 6.52. The summed E-state index contributed by atoms with van der Waals surface area (Å²) in [4.78, 5) is 0. The monoisotopic (exact) mass is 312 g/mol. The summed E-state index contributed by atoms with van der Waals surface area (Å²) in [5.41, 5.74) is 0. The SMILES string of the molecule is CCCC(C)CCCC(F)(F)OC1CCC(C)C(F)C1F. The van der Waals surface area contributed by atoms with E-state index < -0.39 is 36.9 Å². The standard InChI is InChI=1S/C16H28F4O/c1-4-6-11(2)7-5-10-16(19,20)21-13-9-8-12(3)14(17)15(13)18/h11-15H,4-10H2,1-3H3. The first-order chi connectivity index (χ1) is 9.76. The minimum atomic E-state index is -3.36. The van der Waals surface area contributed by atoms with E-state index in [-0.39, 0.29) is 6.42 Å². The summed E-state index contributed by atoms with van der Waals surface area (Å²) in [6.07, 6.45) is -5.11. The number of hydrogen-bond acceptors (Lipinski definition) is 1. The molecule has 5 unspecified atom stereocenters. The molecule has 0 bridgehead atoms. The molecule has 0 N–H and O–H groups in total. The zero-order valence-electron chi connectivity index (χ0n) is 13.3. The van der Waals surface area contributed by atoms with Gasteiger partial charge in [-0.1, -0.05) is 40.0 Å². The number of alkyl halides is 4. The van der Waals surface area contributed by atoms with Crippen LogP contribution in [0, 0.1) is 11.8 Å². The molecule has 5 atom stereocenters. The Morgan fingerprint density at radius 3 is 2.43 bits per heavy atom. The van der Waals surface area contributed by atoms with Crippen LogP contribution in [-0.4, -0.2) is 24.6 Å². The zero-order chi connectivity index (χ0) is 16.0. The smallest absolute Gasteiger partial charge is 0.314 e. The molecule has 1 nitrogen and oxygen atoms in total. The molecular weight excluding hydrogens is 284 g/mol. The Bertz CT molecular complexity index is 298. The Balaban J connectivity index is 2.37. The summed E-state index contributed by atoms with van der Waals surface area (Å²) < 4.78 is 59.3. The molecule has 1 saturated carbocycles. The van der Waals surface area contributed by atoms with E-state index >= 15 is 0 Å². The molecule has 5 heteroatoms. The van der Waals surface area contributed by atoms with Crippen molar-refractivity contribution in [2.24, 2.45) is 11.8 Å². The van der Waals surface area contributed by atoms with Gasteiger partial charge >= 0.3 is 6.11 Å². The Labute approximate surface area is 125 Å². The number of hydrogen-bond donors (Lipinski definition) is 0.